The summed E-state index contributed by atoms with van der Waals surface area (Å²) in [6.45, 7) is 3.92. The molecule has 0 aliphatic rings. The van der Waals surface area contributed by atoms with E-state index in [2.05, 4.69) is 0 Å². The number of nitriles is 1. The third kappa shape index (κ3) is 2.98. The van der Waals surface area contributed by atoms with Crippen LogP contribution in [-0.2, 0) is 0 Å². The van der Waals surface area contributed by atoms with Crippen LogP contribution in [0, 0.1) is 17.2 Å². The zero-order valence-electron chi connectivity index (χ0n) is 6.26. The molecule has 0 aliphatic carbocycles. The quantitative estimate of drug-likeness (QED) is 0.448. The van der Waals surface area contributed by atoms with Crippen LogP contribution in [0.1, 0.15) is 20.3 Å². The molecule has 0 rings (SSSR count). The predicted octanol–water partition coefficient (Wildman–Crippen LogP) is 1.28. The molecule has 0 atom stereocenters. The Bertz CT molecular complexity index is 173. The average molecular weight is 140 g/mol. The summed E-state index contributed by atoms with van der Waals surface area (Å²) in [6.07, 6.45) is 0.541. The van der Waals surface area contributed by atoms with Gasteiger partial charge in [-0.05, 0) is 12.3 Å². The molecule has 0 saturated carbocycles. The number of hydrogen-bond donors (Lipinski definition) is 2. The Balaban J connectivity index is 4.15. The first kappa shape index (κ1) is 8.83. The Kier molecular flexibility index (Phi) is 3.34. The lowest BCUT2D eigenvalue weighted by Crippen LogP contribution is -2.02. The molecule has 0 saturated heterocycles. The summed E-state index contributed by atoms with van der Waals surface area (Å²) in [7, 11) is 0. The highest BCUT2D eigenvalue weighted by molar-refractivity contribution is 5.22. The van der Waals surface area contributed by atoms with E-state index >= 15 is 0 Å². The normalized spacial score (nSPS) is 12.6. The summed E-state index contributed by atoms with van der Waals surface area (Å²) >= 11 is 0. The molecule has 0 fully saturated rings. The van der Waals surface area contributed by atoms with Crippen molar-refractivity contribution in [2.24, 2.45) is 11.7 Å². The Morgan fingerprint density at radius 2 is 2.20 bits per heavy atom. The van der Waals surface area contributed by atoms with E-state index in [4.69, 9.17) is 16.1 Å². The molecule has 0 spiro atoms. The standard InChI is InChI=1S/C7H12N2O/c1-5(2)3-6(4-8)7(9)10/h5,10H,3,9H2,1-2H3/b7-6+. The van der Waals surface area contributed by atoms with Gasteiger partial charge >= 0.3 is 0 Å². The van der Waals surface area contributed by atoms with Gasteiger partial charge in [0.2, 0.25) is 0 Å². The summed E-state index contributed by atoms with van der Waals surface area (Å²) in [4.78, 5) is 0. The molecule has 0 amide bonds. The van der Waals surface area contributed by atoms with E-state index in [1.54, 1.807) is 0 Å². The Hall–Kier alpha value is -1.17. The summed E-state index contributed by atoms with van der Waals surface area (Å²) in [6, 6.07) is 1.84. The van der Waals surface area contributed by atoms with Crippen LogP contribution in [0.4, 0.5) is 0 Å². The van der Waals surface area contributed by atoms with E-state index < -0.39 is 0 Å². The van der Waals surface area contributed by atoms with Crippen LogP contribution < -0.4 is 5.73 Å². The van der Waals surface area contributed by atoms with Crippen LogP contribution in [0.2, 0.25) is 0 Å². The molecule has 3 nitrogen and oxygen atoms in total. The van der Waals surface area contributed by atoms with Gasteiger partial charge in [-0.1, -0.05) is 13.8 Å². The maximum absolute atomic E-state index is 8.70. The summed E-state index contributed by atoms with van der Waals surface area (Å²) < 4.78 is 0. The van der Waals surface area contributed by atoms with E-state index in [1.807, 2.05) is 19.9 Å². The smallest absolute Gasteiger partial charge is 0.195 e. The van der Waals surface area contributed by atoms with E-state index in [0.717, 1.165) is 0 Å². The number of nitrogens with two attached hydrogens (primary N) is 1. The molecule has 0 bridgehead atoms. The lowest BCUT2D eigenvalue weighted by atomic mass is 10.0. The van der Waals surface area contributed by atoms with Gasteiger partial charge in [0.05, 0.1) is 5.57 Å². The highest BCUT2D eigenvalue weighted by Gasteiger charge is 2.03. The summed E-state index contributed by atoms with van der Waals surface area (Å²) in [5, 5.41) is 17.1. The maximum Gasteiger partial charge on any atom is 0.195 e. The first-order valence-electron chi connectivity index (χ1n) is 3.15. The Morgan fingerprint density at radius 3 is 2.30 bits per heavy atom. The number of aliphatic hydroxyl groups excluding tert-OH is 1. The van der Waals surface area contributed by atoms with Crippen molar-refractivity contribution in [3.8, 4) is 6.07 Å². The fourth-order valence-corrected chi connectivity index (χ4v) is 0.616. The third-order valence-electron chi connectivity index (χ3n) is 1.06. The average Bonchev–Trinajstić information content (AvgIpc) is 1.81. The zero-order chi connectivity index (χ0) is 8.15. The fourth-order valence-electron chi connectivity index (χ4n) is 0.616. The van der Waals surface area contributed by atoms with E-state index in [-0.39, 0.29) is 11.5 Å². The van der Waals surface area contributed by atoms with Crippen LogP contribution in [0.25, 0.3) is 0 Å². The number of rotatable bonds is 2. The van der Waals surface area contributed by atoms with Crippen molar-refractivity contribution >= 4 is 0 Å². The minimum atomic E-state index is -0.351. The van der Waals surface area contributed by atoms with E-state index in [0.29, 0.717) is 12.3 Å². The number of allylic oxidation sites excluding steroid dienone is 1. The SMILES string of the molecule is CC(C)C/C(C#N)=C(/N)O. The molecule has 0 radical (unpaired) electrons. The van der Waals surface area contributed by atoms with Gasteiger partial charge in [0, 0.05) is 0 Å². The molecule has 0 aromatic rings. The molecule has 3 N–H and O–H groups in total. The molecule has 0 heterocycles. The molecule has 0 aromatic heterocycles. The van der Waals surface area contributed by atoms with Gasteiger partial charge < -0.3 is 10.8 Å². The highest BCUT2D eigenvalue weighted by atomic mass is 16.3. The van der Waals surface area contributed by atoms with Gasteiger partial charge in [-0.25, -0.2) is 0 Å². The summed E-state index contributed by atoms with van der Waals surface area (Å²) in [5.41, 5.74) is 5.28. The van der Waals surface area contributed by atoms with Gasteiger partial charge in [-0.2, -0.15) is 5.26 Å². The fraction of sp³-hybridized carbons (Fsp3) is 0.571. The minimum absolute atomic E-state index is 0.273. The van der Waals surface area contributed by atoms with Crippen molar-refractivity contribution in [3.05, 3.63) is 11.5 Å². The predicted molar refractivity (Wildman–Crippen MR) is 38.9 cm³/mol. The number of aliphatic hydroxyl groups is 1. The monoisotopic (exact) mass is 140 g/mol. The molecule has 56 valence electrons. The molecular weight excluding hydrogens is 128 g/mol. The third-order valence-corrected chi connectivity index (χ3v) is 1.06. The lowest BCUT2D eigenvalue weighted by Gasteiger charge is -2.01. The zero-order valence-corrected chi connectivity index (χ0v) is 6.26. The van der Waals surface area contributed by atoms with Gasteiger partial charge in [0.1, 0.15) is 6.07 Å². The van der Waals surface area contributed by atoms with Crippen molar-refractivity contribution in [3.63, 3.8) is 0 Å². The van der Waals surface area contributed by atoms with Crippen molar-refractivity contribution < 1.29 is 5.11 Å². The molecular formula is C7H12N2O. The second-order valence-corrected chi connectivity index (χ2v) is 2.57. The highest BCUT2D eigenvalue weighted by Crippen LogP contribution is 2.09. The topological polar surface area (TPSA) is 70.0 Å². The molecule has 3 heteroatoms. The van der Waals surface area contributed by atoms with Crippen LogP contribution in [0.5, 0.6) is 0 Å². The molecule has 10 heavy (non-hydrogen) atoms. The lowest BCUT2D eigenvalue weighted by molar-refractivity contribution is 0.395. The molecule has 0 aromatic carbocycles. The van der Waals surface area contributed by atoms with Crippen molar-refractivity contribution in [1.29, 1.82) is 5.26 Å². The molecule has 0 aliphatic heterocycles. The van der Waals surface area contributed by atoms with Gasteiger partial charge in [-0.3, -0.25) is 0 Å². The molecule has 0 unspecified atom stereocenters. The van der Waals surface area contributed by atoms with Crippen LogP contribution in [0.3, 0.4) is 0 Å². The number of hydrogen-bond acceptors (Lipinski definition) is 3. The largest absolute Gasteiger partial charge is 0.494 e. The van der Waals surface area contributed by atoms with Crippen LogP contribution in [-0.4, -0.2) is 5.11 Å². The second-order valence-electron chi connectivity index (χ2n) is 2.57. The van der Waals surface area contributed by atoms with E-state index in [1.165, 1.54) is 0 Å². The van der Waals surface area contributed by atoms with Gasteiger partial charge in [0.15, 0.2) is 5.88 Å². The summed E-state index contributed by atoms with van der Waals surface area (Å²) in [5.74, 6) is -0.00319. The van der Waals surface area contributed by atoms with Crippen molar-refractivity contribution in [2.75, 3.05) is 0 Å². The first-order valence-corrected chi connectivity index (χ1v) is 3.15. The van der Waals surface area contributed by atoms with Gasteiger partial charge in [0.25, 0.3) is 0 Å². The Labute approximate surface area is 60.8 Å². The van der Waals surface area contributed by atoms with Crippen LogP contribution in [0.15, 0.2) is 11.5 Å². The van der Waals surface area contributed by atoms with Crippen LogP contribution >= 0.6 is 0 Å². The Morgan fingerprint density at radius 1 is 1.70 bits per heavy atom. The van der Waals surface area contributed by atoms with Crippen molar-refractivity contribution in [2.45, 2.75) is 20.3 Å². The maximum atomic E-state index is 8.70. The minimum Gasteiger partial charge on any atom is -0.494 e. The van der Waals surface area contributed by atoms with E-state index in [9.17, 15) is 0 Å². The number of nitrogens with zero attached hydrogens (tertiary/aromatic N) is 1. The second kappa shape index (κ2) is 3.78. The van der Waals surface area contributed by atoms with Crippen molar-refractivity contribution in [1.82, 2.24) is 0 Å². The van der Waals surface area contributed by atoms with Gasteiger partial charge in [-0.15, -0.1) is 0 Å². The first-order chi connectivity index (χ1) is 4.57.